The van der Waals surface area contributed by atoms with Gasteiger partial charge in [0.25, 0.3) is 5.91 Å². The zero-order valence-corrected chi connectivity index (χ0v) is 11.0. The molecule has 0 heterocycles. The van der Waals surface area contributed by atoms with Gasteiger partial charge in [-0.15, -0.1) is 0 Å². The molecular weight excluding hydrogens is 274 g/mol. The first kappa shape index (κ1) is 13.0. The summed E-state index contributed by atoms with van der Waals surface area (Å²) in [5.41, 5.74) is 0.660. The largest absolute Gasteiger partial charge is 0.497 e. The van der Waals surface area contributed by atoms with Gasteiger partial charge >= 0.3 is 0 Å². The molecule has 88 valence electrons. The zero-order valence-electron chi connectivity index (χ0n) is 9.41. The molecule has 1 N–H and O–H groups in total. The van der Waals surface area contributed by atoms with Crippen LogP contribution in [0.2, 0.25) is 0 Å². The van der Waals surface area contributed by atoms with E-state index in [9.17, 15) is 4.79 Å². The van der Waals surface area contributed by atoms with Gasteiger partial charge in [0.05, 0.1) is 12.8 Å². The zero-order chi connectivity index (χ0) is 12.1. The van der Waals surface area contributed by atoms with Crippen LogP contribution in [0.25, 0.3) is 0 Å². The second-order valence-corrected chi connectivity index (χ2v) is 4.07. The maximum Gasteiger partial charge on any atom is 0.253 e. The van der Waals surface area contributed by atoms with Crippen LogP contribution in [0.3, 0.4) is 0 Å². The molecule has 5 heteroatoms. The Kier molecular flexibility index (Phi) is 4.76. The second-order valence-electron chi connectivity index (χ2n) is 3.21. The molecule has 0 fully saturated rings. The van der Waals surface area contributed by atoms with Crippen LogP contribution in [-0.2, 0) is 9.53 Å². The molecule has 1 amide bonds. The summed E-state index contributed by atoms with van der Waals surface area (Å²) in [4.78, 5) is 11.6. The molecule has 0 radical (unpaired) electrons. The van der Waals surface area contributed by atoms with Crippen LogP contribution in [0, 0.1) is 0 Å². The first-order valence-electron chi connectivity index (χ1n) is 4.75. The van der Waals surface area contributed by atoms with Gasteiger partial charge in [0.1, 0.15) is 11.9 Å². The number of ether oxygens (including phenoxy) is 2. The molecule has 0 aliphatic heterocycles. The summed E-state index contributed by atoms with van der Waals surface area (Å²) in [6.45, 7) is 1.68. The predicted molar refractivity (Wildman–Crippen MR) is 65.8 cm³/mol. The molecule has 0 aliphatic carbocycles. The molecule has 0 saturated heterocycles. The normalized spacial score (nSPS) is 12.0. The number of benzene rings is 1. The minimum atomic E-state index is -0.488. The van der Waals surface area contributed by atoms with Crippen molar-refractivity contribution in [3.8, 4) is 5.75 Å². The fourth-order valence-corrected chi connectivity index (χ4v) is 1.41. The van der Waals surface area contributed by atoms with E-state index in [0.717, 1.165) is 4.47 Å². The van der Waals surface area contributed by atoms with Crippen molar-refractivity contribution in [2.75, 3.05) is 19.5 Å². The summed E-state index contributed by atoms with van der Waals surface area (Å²) in [5, 5.41) is 2.74. The molecule has 16 heavy (non-hydrogen) atoms. The van der Waals surface area contributed by atoms with Gasteiger partial charge in [-0.05, 0) is 35.0 Å². The highest BCUT2D eigenvalue weighted by atomic mass is 79.9. The lowest BCUT2D eigenvalue weighted by Gasteiger charge is -2.12. The third kappa shape index (κ3) is 3.21. The van der Waals surface area contributed by atoms with Crippen molar-refractivity contribution in [3.63, 3.8) is 0 Å². The van der Waals surface area contributed by atoms with Crippen LogP contribution in [0.5, 0.6) is 5.75 Å². The number of hydrogen-bond donors (Lipinski definition) is 1. The van der Waals surface area contributed by atoms with Gasteiger partial charge in [0, 0.05) is 17.6 Å². The maximum absolute atomic E-state index is 11.6. The van der Waals surface area contributed by atoms with Crippen molar-refractivity contribution in [3.05, 3.63) is 22.7 Å². The predicted octanol–water partition coefficient (Wildman–Crippen LogP) is 2.43. The van der Waals surface area contributed by atoms with Gasteiger partial charge in [-0.3, -0.25) is 4.79 Å². The summed E-state index contributed by atoms with van der Waals surface area (Å²) in [5.74, 6) is 0.486. The standard InChI is InChI=1S/C11H14BrNO3/c1-7(15-2)11(14)13-10-6-8(16-3)4-5-9(10)12/h4-7H,1-3H3,(H,13,14). The Labute approximate surface area is 103 Å². The Morgan fingerprint density at radius 1 is 1.44 bits per heavy atom. The molecule has 0 aromatic heterocycles. The summed E-state index contributed by atoms with van der Waals surface area (Å²) in [7, 11) is 3.07. The van der Waals surface area contributed by atoms with Crippen molar-refractivity contribution in [1.82, 2.24) is 0 Å². The second kappa shape index (κ2) is 5.86. The number of nitrogens with one attached hydrogen (secondary N) is 1. The van der Waals surface area contributed by atoms with E-state index in [-0.39, 0.29) is 5.91 Å². The smallest absolute Gasteiger partial charge is 0.253 e. The van der Waals surface area contributed by atoms with Crippen molar-refractivity contribution < 1.29 is 14.3 Å². The van der Waals surface area contributed by atoms with E-state index in [1.807, 2.05) is 6.07 Å². The Morgan fingerprint density at radius 3 is 2.69 bits per heavy atom. The van der Waals surface area contributed by atoms with E-state index in [2.05, 4.69) is 21.2 Å². The molecule has 0 spiro atoms. The molecule has 1 rings (SSSR count). The van der Waals surface area contributed by atoms with Crippen LogP contribution >= 0.6 is 15.9 Å². The van der Waals surface area contributed by atoms with Crippen molar-refractivity contribution >= 4 is 27.5 Å². The number of anilines is 1. The number of hydrogen-bond acceptors (Lipinski definition) is 3. The Bertz CT molecular complexity index is 381. The maximum atomic E-state index is 11.6. The lowest BCUT2D eigenvalue weighted by Crippen LogP contribution is -2.26. The van der Waals surface area contributed by atoms with Gasteiger partial charge in [0.15, 0.2) is 0 Å². The lowest BCUT2D eigenvalue weighted by molar-refractivity contribution is -0.124. The molecule has 0 bridgehead atoms. The SMILES string of the molecule is COc1ccc(Br)c(NC(=O)C(C)OC)c1. The topological polar surface area (TPSA) is 47.6 Å². The van der Waals surface area contributed by atoms with Crippen molar-refractivity contribution in [2.45, 2.75) is 13.0 Å². The van der Waals surface area contributed by atoms with Gasteiger partial charge < -0.3 is 14.8 Å². The van der Waals surface area contributed by atoms with Crippen LogP contribution in [0.4, 0.5) is 5.69 Å². The lowest BCUT2D eigenvalue weighted by atomic mass is 10.3. The highest BCUT2D eigenvalue weighted by molar-refractivity contribution is 9.10. The van der Waals surface area contributed by atoms with Gasteiger partial charge in [0.2, 0.25) is 0 Å². The highest BCUT2D eigenvalue weighted by Crippen LogP contribution is 2.27. The molecule has 1 atom stereocenters. The fourth-order valence-electron chi connectivity index (χ4n) is 1.07. The third-order valence-corrected chi connectivity index (χ3v) is 2.85. The van der Waals surface area contributed by atoms with Gasteiger partial charge in [-0.25, -0.2) is 0 Å². The summed E-state index contributed by atoms with van der Waals surface area (Å²) in [6, 6.07) is 5.36. The average molecular weight is 288 g/mol. The number of methoxy groups -OCH3 is 2. The molecule has 0 saturated carbocycles. The monoisotopic (exact) mass is 287 g/mol. The minimum Gasteiger partial charge on any atom is -0.497 e. The number of carbonyl (C=O) groups excluding carboxylic acids is 1. The molecule has 1 unspecified atom stereocenters. The summed E-state index contributed by atoms with van der Waals surface area (Å²) < 4.78 is 10.8. The fraction of sp³-hybridized carbons (Fsp3) is 0.364. The number of halogens is 1. The number of carbonyl (C=O) groups is 1. The van der Waals surface area contributed by atoms with Crippen LogP contribution in [-0.4, -0.2) is 26.2 Å². The average Bonchev–Trinajstić information content (AvgIpc) is 2.30. The molecule has 4 nitrogen and oxygen atoms in total. The number of rotatable bonds is 4. The Balaban J connectivity index is 2.83. The van der Waals surface area contributed by atoms with E-state index in [1.165, 1.54) is 7.11 Å². The van der Waals surface area contributed by atoms with Crippen LogP contribution < -0.4 is 10.1 Å². The van der Waals surface area contributed by atoms with Gasteiger partial charge in [-0.1, -0.05) is 0 Å². The van der Waals surface area contributed by atoms with Crippen LogP contribution in [0.15, 0.2) is 22.7 Å². The minimum absolute atomic E-state index is 0.198. The first-order chi connectivity index (χ1) is 7.58. The molecule has 0 aliphatic rings. The van der Waals surface area contributed by atoms with E-state index in [0.29, 0.717) is 11.4 Å². The van der Waals surface area contributed by atoms with E-state index < -0.39 is 6.10 Å². The summed E-state index contributed by atoms with van der Waals surface area (Å²) >= 11 is 3.35. The molecular formula is C11H14BrNO3. The number of amides is 1. The quantitative estimate of drug-likeness (QED) is 0.925. The van der Waals surface area contributed by atoms with Crippen molar-refractivity contribution in [1.29, 1.82) is 0 Å². The van der Waals surface area contributed by atoms with E-state index >= 15 is 0 Å². The molecule has 1 aromatic carbocycles. The Hall–Kier alpha value is -1.07. The Morgan fingerprint density at radius 2 is 2.12 bits per heavy atom. The van der Waals surface area contributed by atoms with E-state index in [4.69, 9.17) is 9.47 Å². The van der Waals surface area contributed by atoms with E-state index in [1.54, 1.807) is 26.2 Å². The highest BCUT2D eigenvalue weighted by Gasteiger charge is 2.13. The molecule has 1 aromatic rings. The van der Waals surface area contributed by atoms with Gasteiger partial charge in [-0.2, -0.15) is 0 Å². The summed E-state index contributed by atoms with van der Waals surface area (Å²) in [6.07, 6.45) is -0.488. The van der Waals surface area contributed by atoms with Crippen molar-refractivity contribution in [2.24, 2.45) is 0 Å². The third-order valence-electron chi connectivity index (χ3n) is 2.15. The first-order valence-corrected chi connectivity index (χ1v) is 5.55. The van der Waals surface area contributed by atoms with Crippen LogP contribution in [0.1, 0.15) is 6.92 Å².